The average Bonchev–Trinajstić information content (AvgIpc) is 2.72. The fourth-order valence-electron chi connectivity index (χ4n) is 3.10. The predicted molar refractivity (Wildman–Crippen MR) is 86.3 cm³/mol. The van der Waals surface area contributed by atoms with Gasteiger partial charge in [-0.15, -0.1) is 0 Å². The Labute approximate surface area is 120 Å². The van der Waals surface area contributed by atoms with Gasteiger partial charge in [0, 0.05) is 23.1 Å². The smallest absolute Gasteiger partial charge is 0.0485 e. The highest BCUT2D eigenvalue weighted by Crippen LogP contribution is 2.28. The number of nitrogens with zero attached hydrogens (tertiary/aromatic N) is 1. The van der Waals surface area contributed by atoms with E-state index in [1.165, 1.54) is 33.3 Å². The molecule has 0 radical (unpaired) electrons. The number of fused-ring (bicyclic) bond motifs is 1. The lowest BCUT2D eigenvalue weighted by Gasteiger charge is -2.05. The van der Waals surface area contributed by atoms with Gasteiger partial charge in [0.25, 0.3) is 0 Å². The number of aryl methyl sites for hydroxylation is 2. The third-order valence-electron chi connectivity index (χ3n) is 4.15. The van der Waals surface area contributed by atoms with Crippen LogP contribution in [0.4, 0.5) is 0 Å². The van der Waals surface area contributed by atoms with Crippen molar-refractivity contribution >= 4 is 10.9 Å². The quantitative estimate of drug-likeness (QED) is 0.635. The van der Waals surface area contributed by atoms with Crippen LogP contribution in [0.2, 0.25) is 0 Å². The summed E-state index contributed by atoms with van der Waals surface area (Å²) in [5.41, 5.74) is 6.95. The summed E-state index contributed by atoms with van der Waals surface area (Å²) in [6.45, 7) is 7.67. The van der Waals surface area contributed by atoms with Gasteiger partial charge < -0.3 is 4.57 Å². The Hall–Kier alpha value is -2.02. The van der Waals surface area contributed by atoms with Crippen molar-refractivity contribution in [1.29, 1.82) is 0 Å². The number of rotatable bonds is 3. The molecule has 1 heterocycles. The Morgan fingerprint density at radius 2 is 1.70 bits per heavy atom. The van der Waals surface area contributed by atoms with Gasteiger partial charge in [0.2, 0.25) is 0 Å². The minimum atomic E-state index is 1.01. The molecule has 1 heteroatoms. The summed E-state index contributed by atoms with van der Waals surface area (Å²) in [4.78, 5) is 0. The van der Waals surface area contributed by atoms with Gasteiger partial charge >= 0.3 is 0 Å². The van der Waals surface area contributed by atoms with Gasteiger partial charge in [0.15, 0.2) is 0 Å². The molecule has 0 spiro atoms. The fourth-order valence-corrected chi connectivity index (χ4v) is 3.10. The molecule has 0 unspecified atom stereocenters. The van der Waals surface area contributed by atoms with Crippen molar-refractivity contribution in [3.63, 3.8) is 0 Å². The molecular formula is C19H21N. The van der Waals surface area contributed by atoms with E-state index in [4.69, 9.17) is 0 Å². The van der Waals surface area contributed by atoms with Gasteiger partial charge in [0.1, 0.15) is 0 Å². The SMILES string of the molecule is CCn1c(C)c(Cc2ccccc2)c2cc(C)ccc21. The zero-order chi connectivity index (χ0) is 14.1. The summed E-state index contributed by atoms with van der Waals surface area (Å²) in [7, 11) is 0. The first kappa shape index (κ1) is 13.0. The molecule has 2 aromatic carbocycles. The maximum atomic E-state index is 2.42. The summed E-state index contributed by atoms with van der Waals surface area (Å²) < 4.78 is 2.42. The molecular weight excluding hydrogens is 242 g/mol. The summed E-state index contributed by atoms with van der Waals surface area (Å²) in [6, 6.07) is 17.5. The van der Waals surface area contributed by atoms with E-state index in [1.807, 2.05) is 0 Å². The van der Waals surface area contributed by atoms with Crippen molar-refractivity contribution in [3.05, 3.63) is 70.9 Å². The van der Waals surface area contributed by atoms with Crippen LogP contribution < -0.4 is 0 Å². The summed E-state index contributed by atoms with van der Waals surface area (Å²) in [5, 5.41) is 1.41. The first-order valence-electron chi connectivity index (χ1n) is 7.33. The van der Waals surface area contributed by atoms with Crippen LogP contribution in [0.15, 0.2) is 48.5 Å². The van der Waals surface area contributed by atoms with Gasteiger partial charge in [-0.25, -0.2) is 0 Å². The van der Waals surface area contributed by atoms with E-state index in [0.29, 0.717) is 0 Å². The molecule has 3 aromatic rings. The molecule has 0 amide bonds. The molecule has 0 aliphatic heterocycles. The molecule has 0 atom stereocenters. The lowest BCUT2D eigenvalue weighted by Crippen LogP contribution is -1.97. The lowest BCUT2D eigenvalue weighted by molar-refractivity contribution is 0.764. The van der Waals surface area contributed by atoms with Crippen molar-refractivity contribution in [2.24, 2.45) is 0 Å². The Balaban J connectivity index is 2.19. The Morgan fingerprint density at radius 1 is 0.950 bits per heavy atom. The molecule has 0 aliphatic rings. The largest absolute Gasteiger partial charge is 0.345 e. The first-order valence-corrected chi connectivity index (χ1v) is 7.33. The van der Waals surface area contributed by atoms with Gasteiger partial charge in [-0.05, 0) is 50.5 Å². The highest BCUT2D eigenvalue weighted by Gasteiger charge is 2.13. The third kappa shape index (κ3) is 2.14. The van der Waals surface area contributed by atoms with E-state index < -0.39 is 0 Å². The van der Waals surface area contributed by atoms with Crippen LogP contribution in [-0.4, -0.2) is 4.57 Å². The van der Waals surface area contributed by atoms with Crippen LogP contribution in [0.3, 0.4) is 0 Å². The summed E-state index contributed by atoms with van der Waals surface area (Å²) in [6.07, 6.45) is 1.01. The molecule has 0 aliphatic carbocycles. The minimum Gasteiger partial charge on any atom is -0.345 e. The molecule has 0 bridgehead atoms. The molecule has 3 rings (SSSR count). The maximum absolute atomic E-state index is 2.42. The molecule has 1 nitrogen and oxygen atoms in total. The second-order valence-corrected chi connectivity index (χ2v) is 5.49. The molecule has 0 saturated heterocycles. The zero-order valence-corrected chi connectivity index (χ0v) is 12.5. The second kappa shape index (κ2) is 5.16. The van der Waals surface area contributed by atoms with Crippen LogP contribution in [0.25, 0.3) is 10.9 Å². The molecule has 0 N–H and O–H groups in total. The monoisotopic (exact) mass is 263 g/mol. The van der Waals surface area contributed by atoms with Crippen LogP contribution in [0, 0.1) is 13.8 Å². The molecule has 1 aromatic heterocycles. The highest BCUT2D eigenvalue weighted by atomic mass is 15.0. The average molecular weight is 263 g/mol. The third-order valence-corrected chi connectivity index (χ3v) is 4.15. The van der Waals surface area contributed by atoms with Crippen LogP contribution in [0.1, 0.15) is 29.3 Å². The van der Waals surface area contributed by atoms with Gasteiger partial charge in [-0.2, -0.15) is 0 Å². The first-order chi connectivity index (χ1) is 9.70. The van der Waals surface area contributed by atoms with E-state index in [9.17, 15) is 0 Å². The minimum absolute atomic E-state index is 1.01. The van der Waals surface area contributed by atoms with Crippen LogP contribution in [0.5, 0.6) is 0 Å². The van der Waals surface area contributed by atoms with Gasteiger partial charge in [-0.3, -0.25) is 0 Å². The second-order valence-electron chi connectivity index (χ2n) is 5.49. The van der Waals surface area contributed by atoms with E-state index in [2.05, 4.69) is 73.9 Å². The maximum Gasteiger partial charge on any atom is 0.0485 e. The number of hydrogen-bond donors (Lipinski definition) is 0. The topological polar surface area (TPSA) is 4.93 Å². The van der Waals surface area contributed by atoms with Gasteiger partial charge in [0.05, 0.1) is 0 Å². The Morgan fingerprint density at radius 3 is 2.40 bits per heavy atom. The number of aromatic nitrogens is 1. The van der Waals surface area contributed by atoms with Crippen molar-refractivity contribution in [3.8, 4) is 0 Å². The molecule has 20 heavy (non-hydrogen) atoms. The van der Waals surface area contributed by atoms with E-state index >= 15 is 0 Å². The standard InChI is InChI=1S/C19H21N/c1-4-20-15(3)17(13-16-8-6-5-7-9-16)18-12-14(2)10-11-19(18)20/h5-12H,4,13H2,1-3H3. The van der Waals surface area contributed by atoms with Crippen LogP contribution in [-0.2, 0) is 13.0 Å². The molecule has 0 saturated carbocycles. The van der Waals surface area contributed by atoms with Crippen LogP contribution >= 0.6 is 0 Å². The summed E-state index contributed by atoms with van der Waals surface area (Å²) >= 11 is 0. The molecule has 0 fully saturated rings. The highest BCUT2D eigenvalue weighted by molar-refractivity contribution is 5.86. The van der Waals surface area contributed by atoms with Crippen molar-refractivity contribution in [2.75, 3.05) is 0 Å². The summed E-state index contributed by atoms with van der Waals surface area (Å²) in [5.74, 6) is 0. The lowest BCUT2D eigenvalue weighted by atomic mass is 10.0. The van der Waals surface area contributed by atoms with E-state index in [0.717, 1.165) is 13.0 Å². The number of benzene rings is 2. The predicted octanol–water partition coefficient (Wildman–Crippen LogP) is 4.87. The zero-order valence-electron chi connectivity index (χ0n) is 12.5. The molecule has 102 valence electrons. The van der Waals surface area contributed by atoms with Crippen molar-refractivity contribution in [2.45, 2.75) is 33.7 Å². The normalized spacial score (nSPS) is 11.2. The fraction of sp³-hybridized carbons (Fsp3) is 0.263. The Kier molecular flexibility index (Phi) is 3.35. The van der Waals surface area contributed by atoms with E-state index in [-0.39, 0.29) is 0 Å². The van der Waals surface area contributed by atoms with Gasteiger partial charge in [-0.1, -0.05) is 42.0 Å². The Bertz CT molecular complexity index is 735. The number of hydrogen-bond acceptors (Lipinski definition) is 0. The van der Waals surface area contributed by atoms with Crippen molar-refractivity contribution in [1.82, 2.24) is 4.57 Å². The van der Waals surface area contributed by atoms with Crippen molar-refractivity contribution < 1.29 is 0 Å². The van der Waals surface area contributed by atoms with E-state index in [1.54, 1.807) is 0 Å².